The Morgan fingerprint density at radius 3 is 1.50 bits per heavy atom. The molecule has 0 amide bonds. The lowest BCUT2D eigenvalue weighted by atomic mass is 10.8. The van der Waals surface area contributed by atoms with Crippen LogP contribution in [0.1, 0.15) is 0 Å². The monoisotopic (exact) mass is 170 g/mol. The Hall–Kier alpha value is -0.190. The summed E-state index contributed by atoms with van der Waals surface area (Å²) in [7, 11) is -3.88. The summed E-state index contributed by atoms with van der Waals surface area (Å²) >= 11 is 0. The molecule has 0 bridgehead atoms. The van der Waals surface area contributed by atoms with Crippen LogP contribution < -0.4 is 0 Å². The van der Waals surface area contributed by atoms with E-state index in [0.29, 0.717) is 5.82 Å². The Balaban J connectivity index is 0. The fourth-order valence-corrected chi connectivity index (χ4v) is 0. The van der Waals surface area contributed by atoms with Gasteiger partial charge < -0.3 is 20.0 Å². The molecule has 0 radical (unpaired) electrons. The molecule has 0 rings (SSSR count). The summed E-state index contributed by atoms with van der Waals surface area (Å²) in [5.74, 6) is 0.604. The van der Waals surface area contributed by atoms with Crippen LogP contribution in [0.3, 0.4) is 0 Å². The lowest BCUT2D eigenvalue weighted by molar-refractivity contribution is 0.186. The summed E-state index contributed by atoms with van der Waals surface area (Å²) in [4.78, 5) is 15.6. The van der Waals surface area contributed by atoms with Crippen molar-refractivity contribution in [3.05, 3.63) is 12.4 Å². The maximum absolute atomic E-state index is 9.58. The average molecular weight is 170 g/mol. The van der Waals surface area contributed by atoms with Crippen molar-refractivity contribution in [1.29, 1.82) is 0 Å². The molecule has 0 heterocycles. The van der Waals surface area contributed by atoms with Crippen LogP contribution in [0.25, 0.3) is 0 Å². The van der Waals surface area contributed by atoms with Crippen molar-refractivity contribution in [1.82, 2.24) is 0 Å². The van der Waals surface area contributed by atoms with Crippen LogP contribution in [0.4, 0.5) is 0 Å². The van der Waals surface area contributed by atoms with Crippen molar-refractivity contribution in [2.24, 2.45) is 0 Å². The van der Waals surface area contributed by atoms with Gasteiger partial charge in [0.05, 0.1) is 13.2 Å². The predicted molar refractivity (Wildman–Crippen MR) is 36.4 cm³/mol. The van der Waals surface area contributed by atoms with Crippen LogP contribution >= 0.6 is 7.60 Å². The Morgan fingerprint density at radius 2 is 1.50 bits per heavy atom. The third-order valence-electron chi connectivity index (χ3n) is 0.338. The minimum atomic E-state index is -3.88. The van der Waals surface area contributed by atoms with Gasteiger partial charge in [0.25, 0.3) is 0 Å². The Kier molecular flexibility index (Phi) is 8.64. The summed E-state index contributed by atoms with van der Waals surface area (Å²) in [6.07, 6.45) is 0. The van der Waals surface area contributed by atoms with Crippen molar-refractivity contribution in [2.75, 3.05) is 13.2 Å². The number of aliphatic hydroxyl groups excluding tert-OH is 2. The smallest absolute Gasteiger partial charge is 0.348 e. The third-order valence-corrected chi connectivity index (χ3v) is 0.814. The first-order valence-corrected chi connectivity index (χ1v) is 4.06. The summed E-state index contributed by atoms with van der Waals surface area (Å²) < 4.78 is 9.58. The van der Waals surface area contributed by atoms with E-state index in [1.54, 1.807) is 0 Å². The van der Waals surface area contributed by atoms with Crippen molar-refractivity contribution >= 4 is 7.60 Å². The van der Waals surface area contributed by atoms with Gasteiger partial charge in [-0.15, -0.1) is 0 Å². The molecule has 0 saturated carbocycles. The van der Waals surface area contributed by atoms with Gasteiger partial charge in [0.1, 0.15) is 0 Å². The van der Waals surface area contributed by atoms with E-state index in [4.69, 9.17) is 20.0 Å². The van der Waals surface area contributed by atoms with Gasteiger partial charge in [-0.25, -0.2) is 0 Å². The van der Waals surface area contributed by atoms with E-state index in [1.807, 2.05) is 0 Å². The second-order valence-electron chi connectivity index (χ2n) is 1.22. The average Bonchev–Trinajstić information content (AvgIpc) is 1.87. The molecule has 0 fully saturated rings. The number of rotatable bonds is 2. The van der Waals surface area contributed by atoms with E-state index in [0.717, 1.165) is 0 Å². The van der Waals surface area contributed by atoms with Gasteiger partial charge in [-0.05, 0) is 0 Å². The predicted octanol–water partition coefficient (Wildman–Crippen LogP) is -0.721. The van der Waals surface area contributed by atoms with E-state index in [1.165, 1.54) is 0 Å². The molecule has 0 aromatic rings. The Labute approximate surface area is 58.8 Å². The molecule has 0 aromatic heterocycles. The highest BCUT2D eigenvalue weighted by Crippen LogP contribution is 2.34. The van der Waals surface area contributed by atoms with Crippen molar-refractivity contribution in [2.45, 2.75) is 0 Å². The quantitative estimate of drug-likeness (QED) is 0.410. The first kappa shape index (κ1) is 12.5. The molecule has 0 aliphatic rings. The van der Waals surface area contributed by atoms with Crippen molar-refractivity contribution in [3.8, 4) is 0 Å². The zero-order valence-electron chi connectivity index (χ0n) is 5.34. The Bertz CT molecular complexity index is 115. The standard InChI is InChI=1S/C2H5O3P.C2H6O2/c1-2-6(3,4)5;3-1-2-4/h2H,1H2,(H2,3,4,5);3-4H,1-2H2. The molecule has 0 unspecified atom stereocenters. The van der Waals surface area contributed by atoms with Crippen molar-refractivity contribution in [3.63, 3.8) is 0 Å². The second-order valence-corrected chi connectivity index (χ2v) is 2.76. The largest absolute Gasteiger partial charge is 0.394 e. The number of hydrogen-bond donors (Lipinski definition) is 4. The molecule has 6 heteroatoms. The van der Waals surface area contributed by atoms with Gasteiger partial charge in [0, 0.05) is 5.82 Å². The molecule has 0 aromatic carbocycles. The molecule has 0 saturated heterocycles. The minimum Gasteiger partial charge on any atom is -0.394 e. The maximum Gasteiger partial charge on any atom is 0.348 e. The second kappa shape index (κ2) is 6.92. The molecule has 0 atom stereocenters. The van der Waals surface area contributed by atoms with Crippen molar-refractivity contribution < 1.29 is 24.6 Å². The van der Waals surface area contributed by atoms with Crippen LogP contribution in [0.15, 0.2) is 12.4 Å². The fraction of sp³-hybridized carbons (Fsp3) is 0.500. The van der Waals surface area contributed by atoms with Gasteiger partial charge in [-0.2, -0.15) is 0 Å². The highest BCUT2D eigenvalue weighted by atomic mass is 31.2. The molecule has 4 N–H and O–H groups in total. The number of hydrogen-bond acceptors (Lipinski definition) is 3. The summed E-state index contributed by atoms with van der Waals surface area (Å²) in [6.45, 7) is 2.62. The van der Waals surface area contributed by atoms with Crippen LogP contribution in [0, 0.1) is 0 Å². The highest BCUT2D eigenvalue weighted by Gasteiger charge is 2.00. The van der Waals surface area contributed by atoms with E-state index in [9.17, 15) is 4.57 Å². The van der Waals surface area contributed by atoms with E-state index < -0.39 is 7.60 Å². The molecule has 0 aliphatic carbocycles. The maximum atomic E-state index is 9.58. The van der Waals surface area contributed by atoms with Gasteiger partial charge in [-0.3, -0.25) is 4.57 Å². The zero-order chi connectivity index (χ0) is 8.62. The summed E-state index contributed by atoms with van der Waals surface area (Å²) in [5, 5.41) is 15.2. The van der Waals surface area contributed by atoms with Crippen LogP contribution in [-0.2, 0) is 4.57 Å². The van der Waals surface area contributed by atoms with E-state index in [-0.39, 0.29) is 13.2 Å². The molecular formula is C4H11O5P. The minimum absolute atomic E-state index is 0.125. The molecule has 0 spiro atoms. The first-order valence-electron chi connectivity index (χ1n) is 2.38. The van der Waals surface area contributed by atoms with Crippen LogP contribution in [0.2, 0.25) is 0 Å². The first-order chi connectivity index (χ1) is 4.47. The zero-order valence-corrected chi connectivity index (χ0v) is 6.24. The van der Waals surface area contributed by atoms with Gasteiger partial charge in [0.15, 0.2) is 0 Å². The van der Waals surface area contributed by atoms with E-state index >= 15 is 0 Å². The topological polar surface area (TPSA) is 98.0 Å². The molecule has 10 heavy (non-hydrogen) atoms. The SMILES string of the molecule is C=CP(=O)(O)O.OCCO. The molecule has 62 valence electrons. The number of aliphatic hydroxyl groups is 2. The van der Waals surface area contributed by atoms with E-state index in [2.05, 4.69) is 6.58 Å². The Morgan fingerprint density at radius 1 is 1.30 bits per heavy atom. The highest BCUT2D eigenvalue weighted by molar-refractivity contribution is 7.55. The van der Waals surface area contributed by atoms with Crippen LogP contribution in [-0.4, -0.2) is 33.2 Å². The molecular weight excluding hydrogens is 159 g/mol. The summed E-state index contributed by atoms with van der Waals surface area (Å²) in [5.41, 5.74) is 0. The summed E-state index contributed by atoms with van der Waals surface area (Å²) in [6, 6.07) is 0. The van der Waals surface area contributed by atoms with Gasteiger partial charge >= 0.3 is 7.60 Å². The van der Waals surface area contributed by atoms with Crippen LogP contribution in [0.5, 0.6) is 0 Å². The fourth-order valence-electron chi connectivity index (χ4n) is 0. The lowest BCUT2D eigenvalue weighted by Crippen LogP contribution is -1.85. The molecule has 0 aliphatic heterocycles. The van der Waals surface area contributed by atoms with Gasteiger partial charge in [0.2, 0.25) is 0 Å². The molecule has 5 nitrogen and oxygen atoms in total. The normalized spacial score (nSPS) is 9.60. The third kappa shape index (κ3) is 25.0. The van der Waals surface area contributed by atoms with Gasteiger partial charge in [-0.1, -0.05) is 6.58 Å². The lowest BCUT2D eigenvalue weighted by Gasteiger charge is -1.87.